The molecule has 5 aliphatic rings. The first-order valence-electron chi connectivity index (χ1n) is 32.7. The standard InChI is InChI=1S/3C9H17NO3.2C8H15NO4.C7H13NO4.C7H13NO2.C6H11NO3/c3*1-7(11)8(10-2)3-4-9-12-5-6-13-9;2*1-9-6(8(10)11)2-3-7-12-4-5-13-7;1-8-5(7(10)11)3-4-6(9)12-2;1-6(10)7(8-2)4-3-5-9;1-7-5(6(9)10)3-2-4-8/h3*8-10H,3-6H2,1-2H3;2*6-7,9H,2-5H2,1H3,(H,10,11);5,8H,3-4H2,1-2H3,(H,10,11);5,7-8H,3-4H2,1-2H3;4-5,7H,2-3H2,1H3,(H,9,10). The minimum absolute atomic E-state index is 0.0622. The Labute approximate surface area is 571 Å². The van der Waals surface area contributed by atoms with Crippen LogP contribution in [0.2, 0.25) is 0 Å². The first-order valence-corrected chi connectivity index (χ1v) is 32.7. The number of methoxy groups -OCH3 is 1. The zero-order valence-corrected chi connectivity index (χ0v) is 59.3. The van der Waals surface area contributed by atoms with Gasteiger partial charge in [0.1, 0.15) is 59.9 Å². The van der Waals surface area contributed by atoms with Crippen LogP contribution in [0, 0.1) is 0 Å². The second-order valence-corrected chi connectivity index (χ2v) is 21.9. The Bertz CT molecular complexity index is 1860. The van der Waals surface area contributed by atoms with Gasteiger partial charge in [0, 0.05) is 51.4 Å². The molecule has 8 unspecified atom stereocenters. The molecular weight excluding hydrogens is 1280 g/mol. The molecule has 0 saturated carbocycles. The summed E-state index contributed by atoms with van der Waals surface area (Å²) in [7, 11) is 14.7. The molecule has 566 valence electrons. The van der Waals surface area contributed by atoms with E-state index in [0.717, 1.165) is 44.8 Å². The van der Waals surface area contributed by atoms with E-state index in [1.54, 1.807) is 70.1 Å². The lowest BCUT2D eigenvalue weighted by Gasteiger charge is -2.14. The number of carboxylic acid groups (broad SMARTS) is 4. The topological polar surface area (TPSA) is 466 Å². The summed E-state index contributed by atoms with van der Waals surface area (Å²) >= 11 is 0. The molecule has 0 spiro atoms. The van der Waals surface area contributed by atoms with Gasteiger partial charge in [-0.1, -0.05) is 0 Å². The third kappa shape index (κ3) is 51.5. The number of ether oxygens (including phenoxy) is 11. The number of carboxylic acids is 4. The normalized spacial score (nSPS) is 17.8. The van der Waals surface area contributed by atoms with Gasteiger partial charge in [-0.05, 0) is 135 Å². The van der Waals surface area contributed by atoms with Crippen molar-refractivity contribution in [2.45, 2.75) is 210 Å². The summed E-state index contributed by atoms with van der Waals surface area (Å²) in [6, 6.07) is -2.62. The molecule has 0 amide bonds. The van der Waals surface area contributed by atoms with Gasteiger partial charge in [-0.3, -0.25) is 43.2 Å². The van der Waals surface area contributed by atoms with Crippen LogP contribution >= 0.6 is 0 Å². The summed E-state index contributed by atoms with van der Waals surface area (Å²) in [5.41, 5.74) is 0. The average molecular weight is 1400 g/mol. The Morgan fingerprint density at radius 2 is 0.505 bits per heavy atom. The fourth-order valence-corrected chi connectivity index (χ4v) is 8.99. The summed E-state index contributed by atoms with van der Waals surface area (Å²) in [6.07, 6.45) is 9.85. The lowest BCUT2D eigenvalue weighted by Crippen LogP contribution is -2.34. The molecule has 5 heterocycles. The third-order valence-electron chi connectivity index (χ3n) is 14.9. The number of hydrogen-bond donors (Lipinski definition) is 12. The van der Waals surface area contributed by atoms with E-state index in [2.05, 4.69) is 47.3 Å². The fourth-order valence-electron chi connectivity index (χ4n) is 8.99. The molecule has 8 atom stereocenters. The molecule has 12 N–H and O–H groups in total. The van der Waals surface area contributed by atoms with Crippen LogP contribution in [0.25, 0.3) is 0 Å². The summed E-state index contributed by atoms with van der Waals surface area (Å²) in [6.45, 7) is 12.8. The summed E-state index contributed by atoms with van der Waals surface area (Å²) in [5, 5.41) is 56.7. The fraction of sp³-hybridized carbons (Fsp3) is 0.825. The summed E-state index contributed by atoms with van der Waals surface area (Å²) < 4.78 is 56.7. The molecule has 5 saturated heterocycles. The predicted molar refractivity (Wildman–Crippen MR) is 353 cm³/mol. The van der Waals surface area contributed by atoms with Crippen LogP contribution in [-0.2, 0) is 105 Å². The van der Waals surface area contributed by atoms with E-state index in [4.69, 9.17) is 67.8 Å². The number of esters is 1. The Morgan fingerprint density at radius 3 is 0.680 bits per heavy atom. The molecular formula is C63H118N8O26. The van der Waals surface area contributed by atoms with E-state index >= 15 is 0 Å². The molecule has 0 aromatic rings. The first-order chi connectivity index (χ1) is 46.2. The van der Waals surface area contributed by atoms with Crippen molar-refractivity contribution in [3.63, 3.8) is 0 Å². The van der Waals surface area contributed by atoms with Crippen LogP contribution in [-0.4, -0.2) is 295 Å². The lowest BCUT2D eigenvalue weighted by atomic mass is 10.1. The number of hydrogen-bond acceptors (Lipinski definition) is 30. The molecule has 5 fully saturated rings. The van der Waals surface area contributed by atoms with Crippen molar-refractivity contribution in [1.82, 2.24) is 42.5 Å². The maximum absolute atomic E-state index is 11.0. The number of aldehydes is 2. The maximum atomic E-state index is 11.0. The van der Waals surface area contributed by atoms with Crippen LogP contribution in [0.15, 0.2) is 0 Å². The Kier molecular flexibility index (Phi) is 62.1. The van der Waals surface area contributed by atoms with E-state index < -0.39 is 54.0 Å². The van der Waals surface area contributed by atoms with Gasteiger partial charge in [0.2, 0.25) is 0 Å². The van der Waals surface area contributed by atoms with Crippen molar-refractivity contribution < 1.29 is 125 Å². The molecule has 0 bridgehead atoms. The Hall–Kier alpha value is -5.35. The molecule has 0 aliphatic carbocycles. The van der Waals surface area contributed by atoms with Crippen LogP contribution in [0.1, 0.15) is 130 Å². The van der Waals surface area contributed by atoms with Gasteiger partial charge in [-0.25, -0.2) is 0 Å². The highest BCUT2D eigenvalue weighted by molar-refractivity contribution is 5.82. The molecule has 5 rings (SSSR count). The van der Waals surface area contributed by atoms with Crippen LogP contribution < -0.4 is 42.5 Å². The molecule has 0 aromatic carbocycles. The molecule has 34 heteroatoms. The Morgan fingerprint density at radius 1 is 0.330 bits per heavy atom. The minimum Gasteiger partial charge on any atom is -0.480 e. The van der Waals surface area contributed by atoms with Gasteiger partial charge >= 0.3 is 29.8 Å². The maximum Gasteiger partial charge on any atom is 0.320 e. The summed E-state index contributed by atoms with van der Waals surface area (Å²) in [4.78, 5) is 116. The summed E-state index contributed by atoms with van der Waals surface area (Å²) in [5.74, 6) is -3.34. The number of aliphatic carboxylic acids is 4. The van der Waals surface area contributed by atoms with Gasteiger partial charge in [0.15, 0.2) is 31.5 Å². The zero-order valence-electron chi connectivity index (χ0n) is 59.3. The second-order valence-electron chi connectivity index (χ2n) is 21.9. The van der Waals surface area contributed by atoms with E-state index in [1.165, 1.54) is 21.1 Å². The smallest absolute Gasteiger partial charge is 0.320 e. The van der Waals surface area contributed by atoms with Crippen LogP contribution in [0.3, 0.4) is 0 Å². The third-order valence-corrected chi connectivity index (χ3v) is 14.9. The molecule has 5 aliphatic heterocycles. The quantitative estimate of drug-likeness (QED) is 0.0283. The van der Waals surface area contributed by atoms with E-state index in [0.29, 0.717) is 117 Å². The van der Waals surface area contributed by atoms with E-state index in [-0.39, 0.29) is 98.0 Å². The highest BCUT2D eigenvalue weighted by Gasteiger charge is 2.25. The number of nitrogens with one attached hydrogen (secondary N) is 8. The minimum atomic E-state index is -0.957. The van der Waals surface area contributed by atoms with Crippen molar-refractivity contribution in [3.05, 3.63) is 0 Å². The molecule has 0 aromatic heterocycles. The second kappa shape index (κ2) is 62.9. The number of ketones is 4. The highest BCUT2D eigenvalue weighted by atomic mass is 16.7. The van der Waals surface area contributed by atoms with E-state index in [9.17, 15) is 52.7 Å². The number of carbonyl (C=O) groups excluding carboxylic acids is 7. The van der Waals surface area contributed by atoms with Crippen molar-refractivity contribution in [3.8, 4) is 0 Å². The number of likely N-dealkylation sites (N-methyl/N-ethyl adjacent to an activating group) is 8. The van der Waals surface area contributed by atoms with Gasteiger partial charge in [-0.2, -0.15) is 0 Å². The lowest BCUT2D eigenvalue weighted by molar-refractivity contribution is -0.143. The average Bonchev–Trinajstić information content (AvgIpc) is 2.73. The van der Waals surface area contributed by atoms with Crippen LogP contribution in [0.4, 0.5) is 0 Å². The van der Waals surface area contributed by atoms with E-state index in [1.807, 2.05) is 0 Å². The SMILES string of the molecule is CNC(CCC(=O)OC)C(=O)O.CNC(CCC1OCCO1)C(=O)O.CNC(CCC1OCCO1)C(=O)O.CNC(CCC1OCCO1)C(C)=O.CNC(CCC1OCCO1)C(C)=O.CNC(CCC1OCCO1)C(C)=O.CNC(CCC=O)C(=O)O.CNC(CCC=O)C(C)=O. The van der Waals surface area contributed by atoms with Crippen molar-refractivity contribution >= 4 is 65.6 Å². The molecule has 34 nitrogen and oxygen atoms in total. The monoisotopic (exact) mass is 1400 g/mol. The highest BCUT2D eigenvalue weighted by Crippen LogP contribution is 2.16. The van der Waals surface area contributed by atoms with Crippen molar-refractivity contribution in [2.24, 2.45) is 0 Å². The number of Topliss-reactive ketones (excluding diaryl/α,β-unsaturated/α-hetero) is 4. The largest absolute Gasteiger partial charge is 0.480 e. The predicted octanol–water partition coefficient (Wildman–Crippen LogP) is -0.0335. The number of rotatable bonds is 40. The number of carbonyl (C=O) groups is 11. The van der Waals surface area contributed by atoms with Crippen LogP contribution in [0.5, 0.6) is 0 Å². The van der Waals surface area contributed by atoms with Gasteiger partial charge in [0.25, 0.3) is 0 Å². The molecule has 0 radical (unpaired) electrons. The van der Waals surface area contributed by atoms with Crippen molar-refractivity contribution in [2.75, 3.05) is 130 Å². The van der Waals surface area contributed by atoms with Gasteiger partial charge in [-0.15, -0.1) is 0 Å². The zero-order chi connectivity index (χ0) is 73.9. The van der Waals surface area contributed by atoms with Crippen molar-refractivity contribution in [1.29, 1.82) is 0 Å². The first kappa shape index (κ1) is 95.8. The van der Waals surface area contributed by atoms with Gasteiger partial charge in [0.05, 0.1) is 97.3 Å². The Balaban J connectivity index is -0.00000104. The molecule has 97 heavy (non-hydrogen) atoms. The van der Waals surface area contributed by atoms with Gasteiger partial charge < -0.3 is 125 Å².